The Morgan fingerprint density at radius 3 is 3.00 bits per heavy atom. The van der Waals surface area contributed by atoms with Crippen LogP contribution in [0.4, 0.5) is 5.69 Å². The maximum absolute atomic E-state index is 12.1. The molecule has 0 bridgehead atoms. The summed E-state index contributed by atoms with van der Waals surface area (Å²) in [5.41, 5.74) is 2.08. The van der Waals surface area contributed by atoms with E-state index in [2.05, 4.69) is 17.3 Å². The predicted octanol–water partition coefficient (Wildman–Crippen LogP) is 2.28. The van der Waals surface area contributed by atoms with E-state index in [9.17, 15) is 4.79 Å². The fourth-order valence-corrected chi connectivity index (χ4v) is 2.35. The molecule has 0 spiro atoms. The van der Waals surface area contributed by atoms with Crippen molar-refractivity contribution in [3.63, 3.8) is 0 Å². The van der Waals surface area contributed by atoms with E-state index in [0.717, 1.165) is 31.6 Å². The Kier molecular flexibility index (Phi) is 3.79. The standard InChI is InChI=1S/C14H20N2O/c1-11-5-3-7-13(9-11)15-14(17)12-6-4-8-16(2)10-12/h3,5,7,9,12H,4,6,8,10H2,1-2H3,(H,15,17). The molecule has 1 unspecified atom stereocenters. The molecule has 0 aliphatic carbocycles. The molecule has 1 fully saturated rings. The Labute approximate surface area is 103 Å². The molecule has 17 heavy (non-hydrogen) atoms. The average molecular weight is 232 g/mol. The third kappa shape index (κ3) is 3.30. The normalized spacial score (nSPS) is 21.2. The van der Waals surface area contributed by atoms with Crippen LogP contribution in [0.5, 0.6) is 0 Å². The minimum atomic E-state index is 0.134. The molecule has 3 heteroatoms. The van der Waals surface area contributed by atoms with Gasteiger partial charge in [-0.05, 0) is 51.1 Å². The minimum absolute atomic E-state index is 0.134. The lowest BCUT2D eigenvalue weighted by molar-refractivity contribution is -0.121. The summed E-state index contributed by atoms with van der Waals surface area (Å²) in [5, 5.41) is 3.01. The molecule has 1 N–H and O–H groups in total. The molecule has 1 aliphatic heterocycles. The van der Waals surface area contributed by atoms with Gasteiger partial charge in [0.15, 0.2) is 0 Å². The number of amides is 1. The van der Waals surface area contributed by atoms with Gasteiger partial charge < -0.3 is 10.2 Å². The van der Waals surface area contributed by atoms with Crippen LogP contribution in [0, 0.1) is 12.8 Å². The molecule has 1 atom stereocenters. The van der Waals surface area contributed by atoms with Crippen molar-refractivity contribution in [3.8, 4) is 0 Å². The summed E-state index contributed by atoms with van der Waals surface area (Å²) >= 11 is 0. The first-order valence-electron chi connectivity index (χ1n) is 6.21. The molecule has 0 radical (unpaired) electrons. The van der Waals surface area contributed by atoms with E-state index in [1.54, 1.807) is 0 Å². The molecular formula is C14H20N2O. The van der Waals surface area contributed by atoms with Crippen LogP contribution in [0.15, 0.2) is 24.3 Å². The Balaban J connectivity index is 1.96. The van der Waals surface area contributed by atoms with E-state index in [1.807, 2.05) is 31.2 Å². The number of anilines is 1. The van der Waals surface area contributed by atoms with Crippen molar-refractivity contribution >= 4 is 11.6 Å². The zero-order valence-corrected chi connectivity index (χ0v) is 10.6. The summed E-state index contributed by atoms with van der Waals surface area (Å²) in [4.78, 5) is 14.3. The van der Waals surface area contributed by atoms with Crippen LogP contribution in [0.3, 0.4) is 0 Å². The molecule has 0 aromatic heterocycles. The van der Waals surface area contributed by atoms with Crippen LogP contribution in [0.1, 0.15) is 18.4 Å². The van der Waals surface area contributed by atoms with Crippen molar-refractivity contribution in [1.82, 2.24) is 4.90 Å². The molecule has 3 nitrogen and oxygen atoms in total. The first-order valence-corrected chi connectivity index (χ1v) is 6.21. The zero-order valence-electron chi connectivity index (χ0n) is 10.6. The minimum Gasteiger partial charge on any atom is -0.326 e. The van der Waals surface area contributed by atoms with Crippen molar-refractivity contribution in [1.29, 1.82) is 0 Å². The number of carbonyl (C=O) groups excluding carboxylic acids is 1. The summed E-state index contributed by atoms with van der Waals surface area (Å²) < 4.78 is 0. The third-order valence-electron chi connectivity index (χ3n) is 3.28. The van der Waals surface area contributed by atoms with Gasteiger partial charge in [0.1, 0.15) is 0 Å². The van der Waals surface area contributed by atoms with Crippen molar-refractivity contribution in [2.24, 2.45) is 5.92 Å². The second-order valence-electron chi connectivity index (χ2n) is 4.96. The maximum atomic E-state index is 12.1. The lowest BCUT2D eigenvalue weighted by Gasteiger charge is -2.28. The highest BCUT2D eigenvalue weighted by Gasteiger charge is 2.23. The Morgan fingerprint density at radius 2 is 2.29 bits per heavy atom. The monoisotopic (exact) mass is 232 g/mol. The molecule has 0 saturated carbocycles. The number of rotatable bonds is 2. The molecule has 92 valence electrons. The Bertz CT molecular complexity index is 403. The van der Waals surface area contributed by atoms with Crippen molar-refractivity contribution in [2.75, 3.05) is 25.5 Å². The Morgan fingerprint density at radius 1 is 1.47 bits per heavy atom. The van der Waals surface area contributed by atoms with Crippen LogP contribution in [-0.4, -0.2) is 30.9 Å². The SMILES string of the molecule is Cc1cccc(NC(=O)C2CCCN(C)C2)c1. The lowest BCUT2D eigenvalue weighted by Crippen LogP contribution is -2.38. The molecular weight excluding hydrogens is 212 g/mol. The number of hydrogen-bond acceptors (Lipinski definition) is 2. The predicted molar refractivity (Wildman–Crippen MR) is 70.0 cm³/mol. The summed E-state index contributed by atoms with van der Waals surface area (Å²) in [6.45, 7) is 4.01. The highest BCUT2D eigenvalue weighted by Crippen LogP contribution is 2.18. The zero-order chi connectivity index (χ0) is 12.3. The molecule has 1 aromatic carbocycles. The van der Waals surface area contributed by atoms with Gasteiger partial charge in [-0.15, -0.1) is 0 Å². The molecule has 1 aliphatic rings. The van der Waals surface area contributed by atoms with Gasteiger partial charge in [0.2, 0.25) is 5.91 Å². The number of aryl methyl sites for hydroxylation is 1. The highest BCUT2D eigenvalue weighted by molar-refractivity contribution is 5.92. The van der Waals surface area contributed by atoms with Gasteiger partial charge in [-0.2, -0.15) is 0 Å². The first kappa shape index (κ1) is 12.1. The molecule has 2 rings (SSSR count). The number of nitrogens with zero attached hydrogens (tertiary/aromatic N) is 1. The molecule has 1 amide bonds. The van der Waals surface area contributed by atoms with Crippen molar-refractivity contribution in [2.45, 2.75) is 19.8 Å². The van der Waals surface area contributed by atoms with E-state index < -0.39 is 0 Å². The second kappa shape index (κ2) is 5.32. The number of piperidine rings is 1. The number of hydrogen-bond donors (Lipinski definition) is 1. The van der Waals surface area contributed by atoms with Crippen molar-refractivity contribution in [3.05, 3.63) is 29.8 Å². The summed E-state index contributed by atoms with van der Waals surface area (Å²) in [7, 11) is 2.08. The van der Waals surface area contributed by atoms with Crippen LogP contribution in [-0.2, 0) is 4.79 Å². The lowest BCUT2D eigenvalue weighted by atomic mass is 9.97. The molecule has 1 heterocycles. The van der Waals surface area contributed by atoms with E-state index in [4.69, 9.17) is 0 Å². The van der Waals surface area contributed by atoms with Crippen LogP contribution >= 0.6 is 0 Å². The summed E-state index contributed by atoms with van der Waals surface area (Å²) in [5.74, 6) is 0.288. The Hall–Kier alpha value is -1.35. The van der Waals surface area contributed by atoms with Gasteiger partial charge >= 0.3 is 0 Å². The van der Waals surface area contributed by atoms with Crippen LogP contribution in [0.25, 0.3) is 0 Å². The van der Waals surface area contributed by atoms with Crippen molar-refractivity contribution < 1.29 is 4.79 Å². The van der Waals surface area contributed by atoms with Gasteiger partial charge in [0.25, 0.3) is 0 Å². The van der Waals surface area contributed by atoms with Crippen LogP contribution in [0.2, 0.25) is 0 Å². The summed E-state index contributed by atoms with van der Waals surface area (Å²) in [6.07, 6.45) is 2.12. The van der Waals surface area contributed by atoms with Gasteiger partial charge in [-0.3, -0.25) is 4.79 Å². The topological polar surface area (TPSA) is 32.3 Å². The van der Waals surface area contributed by atoms with E-state index >= 15 is 0 Å². The smallest absolute Gasteiger partial charge is 0.228 e. The van der Waals surface area contributed by atoms with E-state index in [1.165, 1.54) is 5.56 Å². The van der Waals surface area contributed by atoms with E-state index in [-0.39, 0.29) is 11.8 Å². The van der Waals surface area contributed by atoms with E-state index in [0.29, 0.717) is 0 Å². The molecule has 1 aromatic rings. The average Bonchev–Trinajstić information content (AvgIpc) is 2.29. The van der Waals surface area contributed by atoms with Gasteiger partial charge in [-0.1, -0.05) is 12.1 Å². The maximum Gasteiger partial charge on any atom is 0.228 e. The number of benzene rings is 1. The van der Waals surface area contributed by atoms with Gasteiger partial charge in [-0.25, -0.2) is 0 Å². The largest absolute Gasteiger partial charge is 0.326 e. The number of carbonyl (C=O) groups is 1. The molecule has 1 saturated heterocycles. The second-order valence-corrected chi connectivity index (χ2v) is 4.96. The fourth-order valence-electron chi connectivity index (χ4n) is 2.35. The number of nitrogens with one attached hydrogen (secondary N) is 1. The van der Waals surface area contributed by atoms with Crippen LogP contribution < -0.4 is 5.32 Å². The van der Waals surface area contributed by atoms with Gasteiger partial charge in [0, 0.05) is 12.2 Å². The fraction of sp³-hybridized carbons (Fsp3) is 0.500. The quantitative estimate of drug-likeness (QED) is 0.848. The highest BCUT2D eigenvalue weighted by atomic mass is 16.1. The third-order valence-corrected chi connectivity index (χ3v) is 3.28. The number of likely N-dealkylation sites (tertiary alicyclic amines) is 1. The first-order chi connectivity index (χ1) is 8.15. The van der Waals surface area contributed by atoms with Gasteiger partial charge in [0.05, 0.1) is 5.92 Å². The summed E-state index contributed by atoms with van der Waals surface area (Å²) in [6, 6.07) is 7.95.